The van der Waals surface area contributed by atoms with Gasteiger partial charge in [-0.15, -0.1) is 0 Å². The summed E-state index contributed by atoms with van der Waals surface area (Å²) in [4.78, 5) is 37.1. The third kappa shape index (κ3) is 8.36. The molecule has 2 aromatic carbocycles. The lowest BCUT2D eigenvalue weighted by molar-refractivity contribution is -0.384. The Kier molecular flexibility index (Phi) is 11.0. The minimum atomic E-state index is -4.59. The van der Waals surface area contributed by atoms with Gasteiger partial charge in [-0.3, -0.25) is 19.8 Å². The maximum Gasteiger partial charge on any atom is 0.293 e. The van der Waals surface area contributed by atoms with Crippen molar-refractivity contribution < 1.29 is 36.8 Å². The molecule has 1 amide bonds. The fraction of sp³-hybridized carbons (Fsp3) is 0.542. The summed E-state index contributed by atoms with van der Waals surface area (Å²) in [6.07, 6.45) is 12.8. The molecule has 7 aliphatic rings. The molecule has 14 nitrogen and oxygen atoms in total. The number of benzene rings is 2. The number of piperazine rings is 1. The lowest BCUT2D eigenvalue weighted by atomic mass is 9.31. The summed E-state index contributed by atoms with van der Waals surface area (Å²) >= 11 is 0. The molecule has 1 saturated heterocycles. The quantitative estimate of drug-likeness (QED) is 0.0538. The number of nitro groups is 1. The SMILES string of the molecule is C[C@]1(O)CC[C@H](CNc2ccc(S(=O)(=O)NC(=O)c3ccc(N4CCN(CC5=C(C67CC(C(F)F)(C6)C7)CC6(CCC6)CC5)CC4)cc3Oc3cnc4[nH]ccc4c3)cc2[N+](=O)[O-])CC1. The van der Waals surface area contributed by atoms with E-state index in [4.69, 9.17) is 4.74 Å². The number of ether oxygens (including phenoxy) is 1. The summed E-state index contributed by atoms with van der Waals surface area (Å²) in [6.45, 7) is 6.03. The van der Waals surface area contributed by atoms with Crippen LogP contribution in [0.5, 0.6) is 11.5 Å². The third-order valence-electron chi connectivity index (χ3n) is 16.0. The third-order valence-corrected chi connectivity index (χ3v) is 17.3. The Hall–Kier alpha value is -5.13. The molecule has 65 heavy (non-hydrogen) atoms. The molecule has 6 aliphatic carbocycles. The Morgan fingerprint density at radius 1 is 1.03 bits per heavy atom. The van der Waals surface area contributed by atoms with E-state index < -0.39 is 48.9 Å². The first-order valence-electron chi connectivity index (χ1n) is 23.1. The van der Waals surface area contributed by atoms with Gasteiger partial charge in [0.1, 0.15) is 22.8 Å². The topological polar surface area (TPSA) is 183 Å². The van der Waals surface area contributed by atoms with Crippen LogP contribution in [0, 0.1) is 32.3 Å². The molecule has 2 aromatic heterocycles. The average molecular weight is 914 g/mol. The highest BCUT2D eigenvalue weighted by Gasteiger charge is 2.73. The second kappa shape index (κ2) is 16.3. The monoisotopic (exact) mass is 913 g/mol. The normalized spacial score (nSPS) is 27.5. The molecule has 0 radical (unpaired) electrons. The number of allylic oxidation sites excluding steroid dienone is 1. The van der Waals surface area contributed by atoms with Crippen LogP contribution in [0.4, 0.5) is 25.8 Å². The Labute approximate surface area is 377 Å². The van der Waals surface area contributed by atoms with E-state index in [1.165, 1.54) is 61.2 Å². The number of halogens is 2. The van der Waals surface area contributed by atoms with Crippen LogP contribution in [0.1, 0.15) is 101 Å². The molecular weight excluding hydrogens is 857 g/mol. The number of hydrogen-bond donors (Lipinski definition) is 4. The number of carbonyl (C=O) groups excluding carboxylic acids is 1. The summed E-state index contributed by atoms with van der Waals surface area (Å²) in [6, 6.07) is 12.1. The smallest absolute Gasteiger partial charge is 0.293 e. The number of aromatic nitrogens is 2. The van der Waals surface area contributed by atoms with Crippen LogP contribution in [0.25, 0.3) is 11.0 Å². The molecule has 1 spiro atoms. The van der Waals surface area contributed by atoms with Gasteiger partial charge in [0.05, 0.1) is 27.2 Å². The van der Waals surface area contributed by atoms with E-state index in [0.29, 0.717) is 68.6 Å². The van der Waals surface area contributed by atoms with E-state index >= 15 is 0 Å². The van der Waals surface area contributed by atoms with Crippen LogP contribution >= 0.6 is 0 Å². The number of nitrogens with zero attached hydrogens (tertiary/aromatic N) is 4. The number of nitro benzene ring substituents is 1. The van der Waals surface area contributed by atoms with E-state index in [9.17, 15) is 37.2 Å². The highest BCUT2D eigenvalue weighted by molar-refractivity contribution is 7.90. The van der Waals surface area contributed by atoms with Gasteiger partial charge < -0.3 is 25.0 Å². The van der Waals surface area contributed by atoms with Gasteiger partial charge in [-0.2, -0.15) is 0 Å². The molecule has 4 N–H and O–H groups in total. The first kappa shape index (κ1) is 43.7. The van der Waals surface area contributed by atoms with E-state index in [2.05, 4.69) is 29.8 Å². The Morgan fingerprint density at radius 2 is 1.78 bits per heavy atom. The van der Waals surface area contributed by atoms with Crippen LogP contribution in [0.15, 0.2) is 77.0 Å². The van der Waals surface area contributed by atoms with Crippen molar-refractivity contribution in [2.45, 2.75) is 107 Å². The van der Waals surface area contributed by atoms with Gasteiger partial charge in [-0.1, -0.05) is 17.6 Å². The standard InChI is InChI=1S/C48H57F2N7O7S/c1-45(59)13-7-31(8-14-45)25-52-39-6-4-36(23-40(39)57(60)61)65(62,63)54-43(58)37-5-3-34(22-41(37)64-35-21-32-10-16-51-42(32)53-26-35)56-19-17-55(18-20-56)27-33-9-15-46(11-2-12-46)24-38(33)47-28-48(29-47,30-47)44(49)50/h3-6,10,16,21-23,26,31,44,52,59H,2,7-9,11-15,17-20,24-25,27-30H2,1H3,(H,51,53)(H,54,58)/t31-,45-,47?,48?. The van der Waals surface area contributed by atoms with Gasteiger partial charge in [-0.05, 0) is 137 Å². The number of aromatic amines is 1. The number of carbonyl (C=O) groups is 1. The van der Waals surface area contributed by atoms with Crippen molar-refractivity contribution in [2.24, 2.45) is 22.2 Å². The largest absolute Gasteiger partial charge is 0.455 e. The number of hydrogen-bond acceptors (Lipinski definition) is 11. The zero-order valence-corrected chi connectivity index (χ0v) is 37.5. The number of H-pyrrole nitrogens is 1. The molecule has 3 heterocycles. The van der Waals surface area contributed by atoms with Crippen molar-refractivity contribution in [3.8, 4) is 11.5 Å². The zero-order valence-electron chi connectivity index (χ0n) is 36.7. The van der Waals surface area contributed by atoms with Crippen LogP contribution < -0.4 is 19.7 Å². The van der Waals surface area contributed by atoms with Crippen molar-refractivity contribution in [3.05, 3.63) is 87.7 Å². The number of pyridine rings is 1. The number of rotatable bonds is 14. The minimum Gasteiger partial charge on any atom is -0.455 e. The van der Waals surface area contributed by atoms with Crippen LogP contribution in [-0.4, -0.2) is 90.5 Å². The lowest BCUT2D eigenvalue weighted by Gasteiger charge is -2.72. The fourth-order valence-corrected chi connectivity index (χ4v) is 12.9. The number of fused-ring (bicyclic) bond motifs is 1. The second-order valence-electron chi connectivity index (χ2n) is 20.4. The highest BCUT2D eigenvalue weighted by Crippen LogP contribution is 2.80. The second-order valence-corrected chi connectivity index (χ2v) is 22.1. The van der Waals surface area contributed by atoms with Gasteiger partial charge >= 0.3 is 0 Å². The van der Waals surface area contributed by atoms with Crippen LogP contribution in [0.2, 0.25) is 0 Å². The summed E-state index contributed by atoms with van der Waals surface area (Å²) in [5.74, 6) is -0.352. The van der Waals surface area contributed by atoms with E-state index in [1.54, 1.807) is 31.3 Å². The molecule has 17 heteroatoms. The number of amides is 1. The van der Waals surface area contributed by atoms with Crippen molar-refractivity contribution in [1.82, 2.24) is 19.6 Å². The number of alkyl halides is 2. The minimum absolute atomic E-state index is 0.0123. The molecule has 1 aliphatic heterocycles. The van der Waals surface area contributed by atoms with Gasteiger partial charge in [0.25, 0.3) is 21.6 Å². The zero-order chi connectivity index (χ0) is 45.4. The molecule has 346 valence electrons. The Morgan fingerprint density at radius 3 is 2.48 bits per heavy atom. The Bertz CT molecular complexity index is 2640. The van der Waals surface area contributed by atoms with E-state index in [1.807, 2.05) is 6.07 Å². The number of sulfonamides is 1. The molecule has 5 saturated carbocycles. The molecule has 0 unspecified atom stereocenters. The molecular formula is C48H57F2N7O7S. The van der Waals surface area contributed by atoms with Crippen LogP contribution in [0.3, 0.4) is 0 Å². The van der Waals surface area contributed by atoms with Gasteiger partial charge in [0, 0.05) is 74.1 Å². The van der Waals surface area contributed by atoms with Gasteiger partial charge in [-0.25, -0.2) is 26.9 Å². The van der Waals surface area contributed by atoms with Crippen molar-refractivity contribution in [2.75, 3.05) is 49.5 Å². The fourth-order valence-electron chi connectivity index (χ4n) is 11.9. The van der Waals surface area contributed by atoms with Gasteiger partial charge in [0.2, 0.25) is 6.43 Å². The van der Waals surface area contributed by atoms with E-state index in [-0.39, 0.29) is 28.3 Å². The predicted octanol–water partition coefficient (Wildman–Crippen LogP) is 8.94. The van der Waals surface area contributed by atoms with Gasteiger partial charge in [0.15, 0.2) is 0 Å². The molecule has 0 atom stereocenters. The van der Waals surface area contributed by atoms with Crippen molar-refractivity contribution in [3.63, 3.8) is 0 Å². The van der Waals surface area contributed by atoms with Crippen molar-refractivity contribution >= 4 is 44.0 Å². The summed E-state index contributed by atoms with van der Waals surface area (Å²) in [7, 11) is -4.59. The Balaban J connectivity index is 0.847. The number of aliphatic hydroxyl groups is 1. The number of anilines is 2. The first-order valence-corrected chi connectivity index (χ1v) is 24.5. The lowest BCUT2D eigenvalue weighted by Crippen LogP contribution is -2.66. The van der Waals surface area contributed by atoms with E-state index in [0.717, 1.165) is 62.5 Å². The maximum absolute atomic E-state index is 14.0. The molecule has 6 fully saturated rings. The highest BCUT2D eigenvalue weighted by atomic mass is 32.2. The molecule has 4 aromatic rings. The average Bonchev–Trinajstić information content (AvgIpc) is 3.70. The molecule has 11 rings (SSSR count). The van der Waals surface area contributed by atoms with Crippen molar-refractivity contribution in [1.29, 1.82) is 0 Å². The summed E-state index contributed by atoms with van der Waals surface area (Å²) < 4.78 is 63.7. The predicted molar refractivity (Wildman–Crippen MR) is 242 cm³/mol. The maximum atomic E-state index is 14.0. The molecule has 2 bridgehead atoms. The summed E-state index contributed by atoms with van der Waals surface area (Å²) in [5, 5.41) is 26.3. The van der Waals surface area contributed by atoms with Crippen LogP contribution in [-0.2, 0) is 10.0 Å². The first-order chi connectivity index (χ1) is 31.0. The number of nitrogens with one attached hydrogen (secondary N) is 3. The summed E-state index contributed by atoms with van der Waals surface area (Å²) in [5.41, 5.74) is 2.96.